The van der Waals surface area contributed by atoms with Crippen LogP contribution in [0.5, 0.6) is 5.75 Å². The number of carboxylic acid groups (broad SMARTS) is 1. The summed E-state index contributed by atoms with van der Waals surface area (Å²) in [7, 11) is 0. The summed E-state index contributed by atoms with van der Waals surface area (Å²) in [6, 6.07) is 6.77. The molecule has 0 saturated carbocycles. The van der Waals surface area contributed by atoms with E-state index in [9.17, 15) is 9.59 Å². The fraction of sp³-hybridized carbons (Fsp3) is 0.286. The number of benzene rings is 1. The van der Waals surface area contributed by atoms with Crippen LogP contribution in [-0.4, -0.2) is 29.8 Å². The van der Waals surface area contributed by atoms with Crippen LogP contribution in [0.4, 0.5) is 0 Å². The Morgan fingerprint density at radius 2 is 2.11 bits per heavy atom. The normalized spacial score (nSPS) is 10.7. The van der Waals surface area contributed by atoms with E-state index in [1.807, 2.05) is 0 Å². The first kappa shape index (κ1) is 14.8. The quantitative estimate of drug-likeness (QED) is 0.629. The Balaban J connectivity index is 2.57. The van der Waals surface area contributed by atoms with Gasteiger partial charge in [0.25, 0.3) is 0 Å². The highest BCUT2D eigenvalue weighted by atomic mass is 16.6. The molecule has 0 bridgehead atoms. The Morgan fingerprint density at radius 3 is 2.74 bits per heavy atom. The van der Waals surface area contributed by atoms with Gasteiger partial charge in [0.05, 0.1) is 6.10 Å². The molecule has 0 saturated heterocycles. The average molecular weight is 264 g/mol. The summed E-state index contributed by atoms with van der Waals surface area (Å²) in [6.45, 7) is 3.34. The molecule has 0 amide bonds. The fourth-order valence-corrected chi connectivity index (χ4v) is 1.31. The maximum Gasteiger partial charge on any atom is 0.344 e. The highest BCUT2D eigenvalue weighted by Crippen LogP contribution is 2.14. The van der Waals surface area contributed by atoms with E-state index in [2.05, 4.69) is 0 Å². The Bertz CT molecular complexity index is 476. The van der Waals surface area contributed by atoms with Crippen LogP contribution in [0.3, 0.4) is 0 Å². The highest BCUT2D eigenvalue weighted by molar-refractivity contribution is 5.85. The molecule has 1 N–H and O–H groups in total. The Hall–Kier alpha value is -2.30. The Morgan fingerprint density at radius 1 is 1.37 bits per heavy atom. The summed E-state index contributed by atoms with van der Waals surface area (Å²) in [5.41, 5.74) is 0.678. The van der Waals surface area contributed by atoms with Crippen LogP contribution in [0.25, 0.3) is 6.08 Å². The lowest BCUT2D eigenvalue weighted by atomic mass is 10.2. The number of esters is 1. The molecule has 0 aliphatic rings. The summed E-state index contributed by atoms with van der Waals surface area (Å²) in [4.78, 5) is 21.7. The summed E-state index contributed by atoms with van der Waals surface area (Å²) >= 11 is 0. The minimum Gasteiger partial charge on any atom is -0.482 e. The number of hydrogen-bond donors (Lipinski definition) is 1. The molecule has 5 heteroatoms. The van der Waals surface area contributed by atoms with Gasteiger partial charge in [-0.1, -0.05) is 12.1 Å². The molecule has 0 atom stereocenters. The fourth-order valence-electron chi connectivity index (χ4n) is 1.31. The van der Waals surface area contributed by atoms with Crippen molar-refractivity contribution in [1.29, 1.82) is 0 Å². The maximum atomic E-state index is 11.3. The predicted molar refractivity (Wildman–Crippen MR) is 69.8 cm³/mol. The van der Waals surface area contributed by atoms with E-state index >= 15 is 0 Å². The average Bonchev–Trinajstić information content (AvgIpc) is 2.34. The van der Waals surface area contributed by atoms with E-state index in [1.54, 1.807) is 38.1 Å². The molecule has 0 aliphatic carbocycles. The second-order valence-corrected chi connectivity index (χ2v) is 4.07. The van der Waals surface area contributed by atoms with E-state index in [-0.39, 0.29) is 12.7 Å². The summed E-state index contributed by atoms with van der Waals surface area (Å²) in [5, 5.41) is 8.52. The first-order valence-electron chi connectivity index (χ1n) is 5.80. The monoisotopic (exact) mass is 264 g/mol. The molecule has 102 valence electrons. The third-order valence-corrected chi connectivity index (χ3v) is 2.00. The van der Waals surface area contributed by atoms with Crippen LogP contribution in [0, 0.1) is 0 Å². The minimum atomic E-state index is -1.02. The van der Waals surface area contributed by atoms with Crippen molar-refractivity contribution in [3.8, 4) is 5.75 Å². The Labute approximate surface area is 111 Å². The molecule has 1 rings (SSSR count). The Kier molecular flexibility index (Phi) is 5.60. The van der Waals surface area contributed by atoms with Gasteiger partial charge in [-0.15, -0.1) is 0 Å². The van der Waals surface area contributed by atoms with Crippen LogP contribution >= 0.6 is 0 Å². The number of rotatable bonds is 6. The van der Waals surface area contributed by atoms with Gasteiger partial charge in [-0.05, 0) is 37.6 Å². The second kappa shape index (κ2) is 7.20. The van der Waals surface area contributed by atoms with Crippen molar-refractivity contribution in [3.05, 3.63) is 35.9 Å². The van der Waals surface area contributed by atoms with Crippen LogP contribution in [0.1, 0.15) is 19.4 Å². The number of aliphatic carboxylic acids is 1. The van der Waals surface area contributed by atoms with Crippen molar-refractivity contribution >= 4 is 18.0 Å². The first-order valence-corrected chi connectivity index (χ1v) is 5.80. The zero-order valence-electron chi connectivity index (χ0n) is 10.8. The van der Waals surface area contributed by atoms with Gasteiger partial charge >= 0.3 is 11.9 Å². The second-order valence-electron chi connectivity index (χ2n) is 4.07. The molecular formula is C14H16O5. The van der Waals surface area contributed by atoms with Gasteiger partial charge < -0.3 is 14.6 Å². The smallest absolute Gasteiger partial charge is 0.344 e. The number of carbonyl (C=O) groups is 2. The van der Waals surface area contributed by atoms with Gasteiger partial charge in [-0.25, -0.2) is 9.59 Å². The van der Waals surface area contributed by atoms with Crippen LogP contribution in [0.2, 0.25) is 0 Å². The molecule has 0 heterocycles. The number of carbonyl (C=O) groups excluding carboxylic acids is 1. The van der Waals surface area contributed by atoms with Gasteiger partial charge in [0.1, 0.15) is 5.75 Å². The van der Waals surface area contributed by atoms with E-state index in [0.29, 0.717) is 11.3 Å². The van der Waals surface area contributed by atoms with Crippen LogP contribution in [0.15, 0.2) is 30.3 Å². The largest absolute Gasteiger partial charge is 0.482 e. The maximum absolute atomic E-state index is 11.3. The zero-order chi connectivity index (χ0) is 14.3. The summed E-state index contributed by atoms with van der Waals surface area (Å²) in [6.07, 6.45) is 2.30. The standard InChI is InChI=1S/C14H16O5/c1-10(2)19-14(17)9-18-12-5-3-4-11(8-12)6-7-13(15)16/h3-8,10H,9H2,1-2H3,(H,15,16). The van der Waals surface area contributed by atoms with Gasteiger partial charge in [0.15, 0.2) is 6.61 Å². The van der Waals surface area contributed by atoms with Crippen molar-refractivity contribution in [2.45, 2.75) is 20.0 Å². The molecule has 1 aromatic rings. The predicted octanol–water partition coefficient (Wildman–Crippen LogP) is 2.11. The molecule has 0 fully saturated rings. The number of ether oxygens (including phenoxy) is 2. The number of carboxylic acids is 1. The molecular weight excluding hydrogens is 248 g/mol. The number of hydrogen-bond acceptors (Lipinski definition) is 4. The lowest BCUT2D eigenvalue weighted by Crippen LogP contribution is -2.18. The van der Waals surface area contributed by atoms with E-state index in [0.717, 1.165) is 6.08 Å². The zero-order valence-corrected chi connectivity index (χ0v) is 10.8. The minimum absolute atomic E-state index is 0.176. The molecule has 0 aliphatic heterocycles. The van der Waals surface area contributed by atoms with E-state index < -0.39 is 11.9 Å². The molecule has 0 aromatic heterocycles. The van der Waals surface area contributed by atoms with Gasteiger partial charge in [-0.3, -0.25) is 0 Å². The molecule has 5 nitrogen and oxygen atoms in total. The highest BCUT2D eigenvalue weighted by Gasteiger charge is 2.06. The first-order chi connectivity index (χ1) is 8.97. The van der Waals surface area contributed by atoms with E-state index in [4.69, 9.17) is 14.6 Å². The van der Waals surface area contributed by atoms with E-state index in [1.165, 1.54) is 6.08 Å². The summed E-state index contributed by atoms with van der Waals surface area (Å²) < 4.78 is 10.2. The molecule has 1 aromatic carbocycles. The van der Waals surface area contributed by atoms with Crippen molar-refractivity contribution in [1.82, 2.24) is 0 Å². The van der Waals surface area contributed by atoms with Gasteiger partial charge in [0.2, 0.25) is 0 Å². The SMILES string of the molecule is CC(C)OC(=O)COc1cccc(C=CC(=O)O)c1. The summed E-state index contributed by atoms with van der Waals surface area (Å²) in [5.74, 6) is -0.985. The van der Waals surface area contributed by atoms with Crippen LogP contribution in [-0.2, 0) is 14.3 Å². The van der Waals surface area contributed by atoms with Crippen molar-refractivity contribution in [3.63, 3.8) is 0 Å². The molecule has 0 spiro atoms. The lowest BCUT2D eigenvalue weighted by Gasteiger charge is -2.09. The van der Waals surface area contributed by atoms with Crippen LogP contribution < -0.4 is 4.74 Å². The molecule has 0 unspecified atom stereocenters. The molecule has 19 heavy (non-hydrogen) atoms. The van der Waals surface area contributed by atoms with Crippen molar-refractivity contribution in [2.75, 3.05) is 6.61 Å². The topological polar surface area (TPSA) is 72.8 Å². The van der Waals surface area contributed by atoms with Crippen molar-refractivity contribution < 1.29 is 24.2 Å². The third-order valence-electron chi connectivity index (χ3n) is 2.00. The lowest BCUT2D eigenvalue weighted by molar-refractivity contribution is -0.149. The molecule has 0 radical (unpaired) electrons. The van der Waals surface area contributed by atoms with Gasteiger partial charge in [0, 0.05) is 6.08 Å². The third kappa shape index (κ3) is 6.26. The van der Waals surface area contributed by atoms with Crippen molar-refractivity contribution in [2.24, 2.45) is 0 Å². The van der Waals surface area contributed by atoms with Gasteiger partial charge in [-0.2, -0.15) is 0 Å².